The predicted molar refractivity (Wildman–Crippen MR) is 110 cm³/mol. The molecule has 1 aliphatic heterocycles. The van der Waals surface area contributed by atoms with Crippen LogP contribution in [0.4, 0.5) is 11.4 Å². The number of carbonyl (C=O) groups excluding carboxylic acids is 2. The Balaban J connectivity index is 1.76. The van der Waals surface area contributed by atoms with Gasteiger partial charge in [0.1, 0.15) is 0 Å². The summed E-state index contributed by atoms with van der Waals surface area (Å²) in [5.41, 5.74) is 2.06. The van der Waals surface area contributed by atoms with Gasteiger partial charge in [-0.05, 0) is 42.5 Å². The summed E-state index contributed by atoms with van der Waals surface area (Å²) in [5.74, 6) is -0.0583. The van der Waals surface area contributed by atoms with Crippen LogP contribution in [0.5, 0.6) is 0 Å². The van der Waals surface area contributed by atoms with Crippen molar-refractivity contribution in [2.75, 3.05) is 36.4 Å². The lowest BCUT2D eigenvalue weighted by Gasteiger charge is -2.37. The standard InChI is InChI=1S/C20H21Cl2N3O2/c1-2-19(26)25-11-9-24(10-12-25)18-8-7-16(22)13-17(18)23-20(27)14-3-5-15(21)6-4-14/h3-8,13H,2,9-12H2,1H3,(H,23,27). The van der Waals surface area contributed by atoms with Gasteiger partial charge >= 0.3 is 0 Å². The maximum absolute atomic E-state index is 12.6. The number of halogens is 2. The first-order chi connectivity index (χ1) is 13.0. The van der Waals surface area contributed by atoms with Crippen molar-refractivity contribution in [3.05, 3.63) is 58.1 Å². The van der Waals surface area contributed by atoms with Crippen LogP contribution in [0.15, 0.2) is 42.5 Å². The first-order valence-electron chi connectivity index (χ1n) is 8.87. The Morgan fingerprint density at radius 3 is 2.22 bits per heavy atom. The van der Waals surface area contributed by atoms with Gasteiger partial charge in [-0.1, -0.05) is 30.1 Å². The second-order valence-electron chi connectivity index (χ2n) is 6.34. The van der Waals surface area contributed by atoms with Gasteiger partial charge in [0.25, 0.3) is 5.91 Å². The van der Waals surface area contributed by atoms with Crippen LogP contribution >= 0.6 is 23.2 Å². The lowest BCUT2D eigenvalue weighted by molar-refractivity contribution is -0.131. The van der Waals surface area contributed by atoms with Crippen LogP contribution in [0, 0.1) is 0 Å². The molecule has 0 radical (unpaired) electrons. The van der Waals surface area contributed by atoms with Gasteiger partial charge < -0.3 is 15.1 Å². The van der Waals surface area contributed by atoms with Crippen molar-refractivity contribution in [2.45, 2.75) is 13.3 Å². The molecule has 0 unspecified atom stereocenters. The quantitative estimate of drug-likeness (QED) is 0.824. The second-order valence-corrected chi connectivity index (χ2v) is 7.22. The van der Waals surface area contributed by atoms with Crippen LogP contribution in [0.2, 0.25) is 10.0 Å². The zero-order valence-corrected chi connectivity index (χ0v) is 16.6. The fourth-order valence-electron chi connectivity index (χ4n) is 3.10. The van der Waals surface area contributed by atoms with E-state index in [-0.39, 0.29) is 11.8 Å². The minimum Gasteiger partial charge on any atom is -0.366 e. The highest BCUT2D eigenvalue weighted by Crippen LogP contribution is 2.30. The molecule has 2 aromatic rings. The van der Waals surface area contributed by atoms with Crippen molar-refractivity contribution in [3.63, 3.8) is 0 Å². The van der Waals surface area contributed by atoms with E-state index in [1.807, 2.05) is 17.9 Å². The van der Waals surface area contributed by atoms with Crippen molar-refractivity contribution in [1.82, 2.24) is 4.90 Å². The van der Waals surface area contributed by atoms with E-state index in [0.717, 1.165) is 5.69 Å². The molecule has 0 aliphatic carbocycles. The topological polar surface area (TPSA) is 52.7 Å². The third-order valence-electron chi connectivity index (χ3n) is 4.59. The summed E-state index contributed by atoms with van der Waals surface area (Å²) in [7, 11) is 0. The van der Waals surface area contributed by atoms with Gasteiger partial charge in [-0.2, -0.15) is 0 Å². The van der Waals surface area contributed by atoms with E-state index >= 15 is 0 Å². The number of piperazine rings is 1. The SMILES string of the molecule is CCC(=O)N1CCN(c2ccc(Cl)cc2NC(=O)c2ccc(Cl)cc2)CC1. The average molecular weight is 406 g/mol. The Morgan fingerprint density at radius 1 is 0.963 bits per heavy atom. The first kappa shape index (κ1) is 19.5. The molecule has 0 saturated carbocycles. The monoisotopic (exact) mass is 405 g/mol. The molecule has 27 heavy (non-hydrogen) atoms. The fourth-order valence-corrected chi connectivity index (χ4v) is 3.40. The van der Waals surface area contributed by atoms with Gasteiger partial charge in [0, 0.05) is 48.2 Å². The number of hydrogen-bond acceptors (Lipinski definition) is 3. The third-order valence-corrected chi connectivity index (χ3v) is 5.08. The summed E-state index contributed by atoms with van der Waals surface area (Å²) in [6.45, 7) is 4.62. The highest BCUT2D eigenvalue weighted by atomic mass is 35.5. The second kappa shape index (κ2) is 8.63. The molecule has 0 aromatic heterocycles. The molecule has 2 amide bonds. The van der Waals surface area contributed by atoms with Crippen LogP contribution in [-0.4, -0.2) is 42.9 Å². The molecule has 3 rings (SSSR count). The number of benzene rings is 2. The van der Waals surface area contributed by atoms with Gasteiger partial charge in [-0.3, -0.25) is 9.59 Å². The number of nitrogens with zero attached hydrogens (tertiary/aromatic N) is 2. The van der Waals surface area contributed by atoms with Gasteiger partial charge in [0.05, 0.1) is 11.4 Å². The summed E-state index contributed by atoms with van der Waals surface area (Å²) in [4.78, 5) is 28.5. The lowest BCUT2D eigenvalue weighted by Crippen LogP contribution is -2.48. The Hall–Kier alpha value is -2.24. The molecule has 2 aromatic carbocycles. The predicted octanol–water partition coefficient (Wildman–Crippen LogP) is 4.30. The maximum Gasteiger partial charge on any atom is 0.255 e. The number of hydrogen-bond donors (Lipinski definition) is 1. The first-order valence-corrected chi connectivity index (χ1v) is 9.62. The smallest absolute Gasteiger partial charge is 0.255 e. The van der Waals surface area contributed by atoms with Gasteiger partial charge in [-0.15, -0.1) is 0 Å². The highest BCUT2D eigenvalue weighted by molar-refractivity contribution is 6.31. The number of carbonyl (C=O) groups is 2. The molecule has 5 nitrogen and oxygen atoms in total. The molecule has 7 heteroatoms. The van der Waals surface area contributed by atoms with E-state index < -0.39 is 0 Å². The van der Waals surface area contributed by atoms with E-state index in [4.69, 9.17) is 23.2 Å². The number of nitrogens with one attached hydrogen (secondary N) is 1. The molecule has 1 N–H and O–H groups in total. The summed E-state index contributed by atoms with van der Waals surface area (Å²) in [6.07, 6.45) is 0.517. The number of anilines is 2. The summed E-state index contributed by atoms with van der Waals surface area (Å²) >= 11 is 12.0. The van der Waals surface area contributed by atoms with E-state index in [1.54, 1.807) is 36.4 Å². The minimum absolute atomic E-state index is 0.169. The molecule has 1 saturated heterocycles. The summed E-state index contributed by atoms with van der Waals surface area (Å²) < 4.78 is 0. The summed E-state index contributed by atoms with van der Waals surface area (Å²) in [5, 5.41) is 4.07. The zero-order valence-electron chi connectivity index (χ0n) is 15.0. The lowest BCUT2D eigenvalue weighted by atomic mass is 10.1. The molecule has 0 atom stereocenters. The van der Waals surface area contributed by atoms with Crippen molar-refractivity contribution < 1.29 is 9.59 Å². The van der Waals surface area contributed by atoms with E-state index in [0.29, 0.717) is 53.9 Å². The average Bonchev–Trinajstić information content (AvgIpc) is 2.68. The van der Waals surface area contributed by atoms with Gasteiger partial charge in [0.2, 0.25) is 5.91 Å². The van der Waals surface area contributed by atoms with Crippen LogP contribution in [0.3, 0.4) is 0 Å². The van der Waals surface area contributed by atoms with Crippen LogP contribution in [-0.2, 0) is 4.79 Å². The van der Waals surface area contributed by atoms with Crippen LogP contribution < -0.4 is 10.2 Å². The largest absolute Gasteiger partial charge is 0.366 e. The Labute approximate surface area is 168 Å². The Kier molecular flexibility index (Phi) is 6.24. The molecular weight excluding hydrogens is 385 g/mol. The highest BCUT2D eigenvalue weighted by Gasteiger charge is 2.22. The zero-order chi connectivity index (χ0) is 19.4. The van der Waals surface area contributed by atoms with Crippen molar-refractivity contribution >= 4 is 46.4 Å². The summed E-state index contributed by atoms with van der Waals surface area (Å²) in [6, 6.07) is 12.2. The Bertz CT molecular complexity index is 832. The van der Waals surface area contributed by atoms with Crippen molar-refractivity contribution in [2.24, 2.45) is 0 Å². The normalized spacial score (nSPS) is 14.2. The van der Waals surface area contributed by atoms with Crippen molar-refractivity contribution in [3.8, 4) is 0 Å². The van der Waals surface area contributed by atoms with Crippen LogP contribution in [0.1, 0.15) is 23.7 Å². The molecular formula is C20H21Cl2N3O2. The minimum atomic E-state index is -0.227. The van der Waals surface area contributed by atoms with E-state index in [9.17, 15) is 9.59 Å². The fraction of sp³-hybridized carbons (Fsp3) is 0.300. The number of rotatable bonds is 4. The van der Waals surface area contributed by atoms with Gasteiger partial charge in [0.15, 0.2) is 0 Å². The van der Waals surface area contributed by atoms with E-state index in [1.165, 1.54) is 0 Å². The van der Waals surface area contributed by atoms with Gasteiger partial charge in [-0.25, -0.2) is 0 Å². The Morgan fingerprint density at radius 2 is 1.59 bits per heavy atom. The molecule has 142 valence electrons. The molecule has 1 aliphatic rings. The third kappa shape index (κ3) is 4.73. The molecule has 0 spiro atoms. The molecule has 0 bridgehead atoms. The molecule has 1 heterocycles. The molecule has 1 fully saturated rings. The van der Waals surface area contributed by atoms with E-state index in [2.05, 4.69) is 10.2 Å². The number of amides is 2. The van der Waals surface area contributed by atoms with Crippen LogP contribution in [0.25, 0.3) is 0 Å². The maximum atomic E-state index is 12.6. The van der Waals surface area contributed by atoms with Crippen molar-refractivity contribution in [1.29, 1.82) is 0 Å².